The predicted molar refractivity (Wildman–Crippen MR) is 257 cm³/mol. The largest absolute Gasteiger partial charge is 0.506 e. The van der Waals surface area contributed by atoms with Gasteiger partial charge in [0.1, 0.15) is 106 Å². The van der Waals surface area contributed by atoms with Gasteiger partial charge in [-0.2, -0.15) is 0 Å². The third-order valence-corrected chi connectivity index (χ3v) is 14.6. The molecule has 0 aliphatic carbocycles. The number of aliphatic hydroxyl groups excluding tert-OH is 4. The molecule has 26 nitrogen and oxygen atoms in total. The number of fused-ring (bicyclic) bond motifs is 11. The van der Waals surface area contributed by atoms with Gasteiger partial charge in [-0.05, 0) is 19.9 Å². The van der Waals surface area contributed by atoms with E-state index in [1.54, 1.807) is 0 Å². The molecule has 6 aromatic rings. The molecule has 1 aliphatic rings. The van der Waals surface area contributed by atoms with Gasteiger partial charge in [0, 0.05) is 32.5 Å². The number of aliphatic hydroxyl groups is 4. The molecule has 1 aliphatic heterocycles. The summed E-state index contributed by atoms with van der Waals surface area (Å²) in [5.74, 6) is -7.91. The molecular weight excluding hydrogens is 1040 g/mol. The fourth-order valence-electron chi connectivity index (χ4n) is 6.32. The quantitative estimate of drug-likeness (QED) is 0.0656. The number of carbonyl (C=O) groups is 7. The van der Waals surface area contributed by atoms with Gasteiger partial charge in [-0.1, -0.05) is 6.58 Å². The fraction of sp³-hybridized carbons (Fsp3) is 0.244. The van der Waals surface area contributed by atoms with Crippen LogP contribution >= 0.6 is 56.7 Å². The van der Waals surface area contributed by atoms with Gasteiger partial charge in [0.25, 0.3) is 29.5 Å². The molecule has 6 atom stereocenters. The first-order valence-corrected chi connectivity index (χ1v) is 24.8. The lowest BCUT2D eigenvalue weighted by atomic mass is 10.1. The van der Waals surface area contributed by atoms with Crippen molar-refractivity contribution in [2.45, 2.75) is 50.3 Å². The molecule has 31 heteroatoms. The molecule has 0 spiro atoms. The SMILES string of the molecule is C=C(NC(=O)c1csc(-c2nc3c(cc2O)-c2nc(cs2)C(=O)N[C@@H]([C@@H](C)O)C(=O)N/C(=C(/C)OC)c2nc(cs2)C(=O)N[C@@H]([C@H](O)[C@H](O)C(=O)O)c2nc(cs2)C(=O)N[C@@H](CO)c2nc-3cs2)n1)C(N)=O. The first-order chi connectivity index (χ1) is 34.2. The number of ether oxygens (including phenoxy) is 1. The lowest BCUT2D eigenvalue weighted by molar-refractivity contribution is -0.154. The highest BCUT2D eigenvalue weighted by molar-refractivity contribution is 7.14. The summed E-state index contributed by atoms with van der Waals surface area (Å²) < 4.78 is 5.37. The number of aliphatic carboxylic acids is 1. The maximum atomic E-state index is 13.9. The van der Waals surface area contributed by atoms with Gasteiger partial charge >= 0.3 is 5.97 Å². The number of aromatic hydroxyl groups is 1. The number of rotatable bonds is 10. The highest BCUT2D eigenvalue weighted by atomic mass is 32.1. The Morgan fingerprint density at radius 3 is 1.99 bits per heavy atom. The van der Waals surface area contributed by atoms with Crippen molar-refractivity contribution in [1.29, 1.82) is 0 Å². The van der Waals surface area contributed by atoms with Gasteiger partial charge in [0.05, 0.1) is 25.5 Å². The van der Waals surface area contributed by atoms with Crippen LogP contribution in [0.5, 0.6) is 5.75 Å². The zero-order valence-corrected chi connectivity index (χ0v) is 41.2. The summed E-state index contributed by atoms with van der Waals surface area (Å²) in [4.78, 5) is 118. The van der Waals surface area contributed by atoms with Gasteiger partial charge in [0.15, 0.2) is 6.10 Å². The summed E-state index contributed by atoms with van der Waals surface area (Å²) in [5, 5.41) is 82.5. The minimum absolute atomic E-state index is 0.0121. The van der Waals surface area contributed by atoms with E-state index < -0.39 is 95.9 Å². The number of nitrogens with zero attached hydrogens (tertiary/aromatic N) is 6. The van der Waals surface area contributed by atoms with Crippen molar-refractivity contribution in [1.82, 2.24) is 56.5 Å². The van der Waals surface area contributed by atoms with Crippen LogP contribution in [-0.2, 0) is 19.1 Å². The van der Waals surface area contributed by atoms with E-state index >= 15 is 0 Å². The summed E-state index contributed by atoms with van der Waals surface area (Å²) in [5.41, 5.74) is 3.64. The van der Waals surface area contributed by atoms with Crippen LogP contribution in [0.2, 0.25) is 0 Å². The van der Waals surface area contributed by atoms with E-state index in [1.165, 1.54) is 53.9 Å². The van der Waals surface area contributed by atoms with E-state index in [0.29, 0.717) is 11.3 Å². The third kappa shape index (κ3) is 11.2. The topological polar surface area (TPSA) is 414 Å². The summed E-state index contributed by atoms with van der Waals surface area (Å²) >= 11 is 4.30. The number of carboxylic acids is 1. The minimum atomic E-state index is -2.46. The van der Waals surface area contributed by atoms with E-state index in [4.69, 9.17) is 10.5 Å². The average molecular weight is 1080 g/mol. The number of carbonyl (C=O) groups excluding carboxylic acids is 6. The Hall–Kier alpha value is -7.49. The molecule has 72 heavy (non-hydrogen) atoms. The number of hydrogen-bond acceptors (Lipinski definition) is 24. The fourth-order valence-corrected chi connectivity index (χ4v) is 10.5. The number of thiazole rings is 5. The molecule has 376 valence electrons. The normalized spacial score (nSPS) is 18.5. The van der Waals surface area contributed by atoms with E-state index in [-0.39, 0.29) is 81.9 Å². The molecule has 0 unspecified atom stereocenters. The maximum absolute atomic E-state index is 13.9. The molecule has 0 fully saturated rings. The second-order valence-corrected chi connectivity index (χ2v) is 19.4. The molecule has 13 N–H and O–H groups in total. The van der Waals surface area contributed by atoms with Crippen LogP contribution < -0.4 is 32.3 Å². The molecule has 7 heterocycles. The van der Waals surface area contributed by atoms with Crippen molar-refractivity contribution in [3.05, 3.63) is 88.8 Å². The van der Waals surface area contributed by atoms with E-state index in [0.717, 1.165) is 45.3 Å². The molecule has 0 saturated heterocycles. The molecule has 6 aromatic heterocycles. The molecule has 0 saturated carbocycles. The molecule has 8 bridgehead atoms. The van der Waals surface area contributed by atoms with E-state index in [9.17, 15) is 64.2 Å². The number of primary amides is 1. The van der Waals surface area contributed by atoms with Crippen molar-refractivity contribution in [2.75, 3.05) is 13.7 Å². The Morgan fingerprint density at radius 2 is 1.35 bits per heavy atom. The minimum Gasteiger partial charge on any atom is -0.506 e. The van der Waals surface area contributed by atoms with Crippen molar-refractivity contribution in [2.24, 2.45) is 5.73 Å². The Bertz CT molecular complexity index is 3180. The van der Waals surface area contributed by atoms with Gasteiger partial charge < -0.3 is 67.7 Å². The number of methoxy groups -OCH3 is 1. The Balaban J connectivity index is 1.34. The van der Waals surface area contributed by atoms with Crippen LogP contribution in [0.25, 0.3) is 38.4 Å². The molecule has 0 radical (unpaired) electrons. The van der Waals surface area contributed by atoms with Crippen LogP contribution in [-0.4, -0.2) is 140 Å². The number of amides is 6. The maximum Gasteiger partial charge on any atom is 0.335 e. The molecule has 0 aromatic carbocycles. The second kappa shape index (κ2) is 21.9. The number of allylic oxidation sites excluding steroid dienone is 1. The lowest BCUT2D eigenvalue weighted by Gasteiger charge is -2.24. The monoisotopic (exact) mass is 1080 g/mol. The predicted octanol–water partition coefficient (Wildman–Crippen LogP) is 0.484. The summed E-state index contributed by atoms with van der Waals surface area (Å²) in [6, 6.07) is -3.39. The Labute approximate surface area is 424 Å². The zero-order valence-electron chi connectivity index (χ0n) is 37.1. The van der Waals surface area contributed by atoms with Crippen molar-refractivity contribution < 1.29 is 68.9 Å². The van der Waals surface area contributed by atoms with Crippen LogP contribution in [0, 0.1) is 0 Å². The highest BCUT2D eigenvalue weighted by Gasteiger charge is 2.37. The Kier molecular flexibility index (Phi) is 15.9. The van der Waals surface area contributed by atoms with Crippen LogP contribution in [0.3, 0.4) is 0 Å². The summed E-state index contributed by atoms with van der Waals surface area (Å²) in [7, 11) is 1.27. The summed E-state index contributed by atoms with van der Waals surface area (Å²) in [6.07, 6.45) is -6.23. The first kappa shape index (κ1) is 52.3. The van der Waals surface area contributed by atoms with Crippen molar-refractivity contribution >= 4 is 104 Å². The number of nitrogens with one attached hydrogen (secondary N) is 5. The number of nitrogens with two attached hydrogens (primary N) is 1. The van der Waals surface area contributed by atoms with Gasteiger partial charge in [-0.25, -0.2) is 34.7 Å². The third-order valence-electron chi connectivity index (χ3n) is 10.2. The van der Waals surface area contributed by atoms with Crippen LogP contribution in [0.15, 0.2) is 51.0 Å². The molecule has 6 amide bonds. The summed E-state index contributed by atoms with van der Waals surface area (Å²) in [6.45, 7) is 5.35. The van der Waals surface area contributed by atoms with Gasteiger partial charge in [-0.15, -0.1) is 56.7 Å². The second-order valence-electron chi connectivity index (χ2n) is 15.1. The lowest BCUT2D eigenvalue weighted by Crippen LogP contribution is -2.52. The number of aromatic nitrogens is 6. The number of hydrogen-bond donors (Lipinski definition) is 12. The van der Waals surface area contributed by atoms with E-state index in [1.807, 2.05) is 0 Å². The number of pyridine rings is 1. The van der Waals surface area contributed by atoms with Gasteiger partial charge in [0.2, 0.25) is 5.91 Å². The Morgan fingerprint density at radius 1 is 0.778 bits per heavy atom. The van der Waals surface area contributed by atoms with Gasteiger partial charge in [-0.3, -0.25) is 28.8 Å². The van der Waals surface area contributed by atoms with E-state index in [2.05, 4.69) is 63.1 Å². The number of carboxylic acid groups (broad SMARTS) is 1. The zero-order chi connectivity index (χ0) is 52.3. The van der Waals surface area contributed by atoms with Crippen molar-refractivity contribution in [3.63, 3.8) is 0 Å². The van der Waals surface area contributed by atoms with Crippen LogP contribution in [0.4, 0.5) is 0 Å². The standard InChI is InChI=1S/C41H38N12O14S5/c1-12(30(42)59)43-31(60)18-9-71-39(48-18)26-22(56)5-15-25(50-26)17-7-69-37(45-17)16(6-54)44-32(61)19-10-72-40(49-19)27(28(57)29(58)41(65)66)53-34(63)21-11-70-38(47-21)24(14(3)67-4)52-35(64)23(13(2)55)51-33(62)20-8-68-36(15)46-20/h5,7-11,13,16,23,27-29,54-58H,1,6H2,2-4H3,(H2,42,59)(H,43,60)(H,44,61)(H,51,62)(H,52,64)(H,53,63)(H,65,66)/b24-14-/t13-,16+,23+,27+,28+,29+/m1/s1. The molecular formula is C41H38N12O14S5. The smallest absolute Gasteiger partial charge is 0.335 e. The highest BCUT2D eigenvalue weighted by Crippen LogP contribution is 2.41. The van der Waals surface area contributed by atoms with Crippen molar-refractivity contribution in [3.8, 4) is 38.4 Å². The first-order valence-electron chi connectivity index (χ1n) is 20.4. The van der Waals surface area contributed by atoms with Crippen LogP contribution in [0.1, 0.15) is 82.9 Å². The average Bonchev–Trinajstić information content (AvgIpc) is 4.22. The molecule has 7 rings (SSSR count).